The summed E-state index contributed by atoms with van der Waals surface area (Å²) in [6.07, 6.45) is 1.49. The van der Waals surface area contributed by atoms with E-state index in [0.29, 0.717) is 15.8 Å². The first kappa shape index (κ1) is 13.8. The van der Waals surface area contributed by atoms with E-state index < -0.39 is 5.60 Å². The molecule has 4 nitrogen and oxygen atoms in total. The Morgan fingerprint density at radius 2 is 2.11 bits per heavy atom. The normalized spacial score (nSPS) is 13.8. The van der Waals surface area contributed by atoms with Crippen molar-refractivity contribution in [1.29, 1.82) is 0 Å². The standard InChI is InChI=1S/C14H14BrNO3/c1-14(18,12-7-4-8-19-12)9-16-13(17)10-5-2-3-6-11(10)15/h2-8,18H,9H2,1H3,(H,16,17)/t14-/m1/s1. The van der Waals surface area contributed by atoms with Gasteiger partial charge in [0.05, 0.1) is 18.4 Å². The number of carbonyl (C=O) groups is 1. The molecular formula is C14H14BrNO3. The summed E-state index contributed by atoms with van der Waals surface area (Å²) >= 11 is 3.31. The van der Waals surface area contributed by atoms with Crippen molar-refractivity contribution in [3.8, 4) is 0 Å². The van der Waals surface area contributed by atoms with Crippen LogP contribution in [0.2, 0.25) is 0 Å². The highest BCUT2D eigenvalue weighted by Crippen LogP contribution is 2.20. The molecule has 2 aromatic rings. The molecule has 100 valence electrons. The quantitative estimate of drug-likeness (QED) is 0.909. The number of hydrogen-bond donors (Lipinski definition) is 2. The highest BCUT2D eigenvalue weighted by atomic mass is 79.9. The van der Waals surface area contributed by atoms with E-state index in [1.807, 2.05) is 6.07 Å². The van der Waals surface area contributed by atoms with Gasteiger partial charge in [0.25, 0.3) is 5.91 Å². The Labute approximate surface area is 119 Å². The topological polar surface area (TPSA) is 62.5 Å². The van der Waals surface area contributed by atoms with E-state index >= 15 is 0 Å². The third-order valence-electron chi connectivity index (χ3n) is 2.76. The monoisotopic (exact) mass is 323 g/mol. The lowest BCUT2D eigenvalue weighted by molar-refractivity contribution is 0.0330. The molecule has 0 radical (unpaired) electrons. The number of aliphatic hydroxyl groups is 1. The second-order valence-corrected chi connectivity index (χ2v) is 5.27. The first-order chi connectivity index (χ1) is 9.00. The van der Waals surface area contributed by atoms with Crippen LogP contribution in [0.5, 0.6) is 0 Å². The maximum Gasteiger partial charge on any atom is 0.252 e. The summed E-state index contributed by atoms with van der Waals surface area (Å²) in [5.41, 5.74) is -0.710. The minimum Gasteiger partial charge on any atom is -0.466 e. The molecule has 2 N–H and O–H groups in total. The maximum atomic E-state index is 12.0. The van der Waals surface area contributed by atoms with Crippen molar-refractivity contribution in [2.45, 2.75) is 12.5 Å². The summed E-state index contributed by atoms with van der Waals surface area (Å²) in [6.45, 7) is 1.66. The zero-order valence-corrected chi connectivity index (χ0v) is 12.0. The summed E-state index contributed by atoms with van der Waals surface area (Å²) in [4.78, 5) is 12.0. The predicted molar refractivity (Wildman–Crippen MR) is 74.8 cm³/mol. The highest BCUT2D eigenvalue weighted by molar-refractivity contribution is 9.10. The summed E-state index contributed by atoms with van der Waals surface area (Å²) in [5, 5.41) is 12.9. The Morgan fingerprint density at radius 3 is 2.74 bits per heavy atom. The van der Waals surface area contributed by atoms with Crippen LogP contribution in [0.1, 0.15) is 23.0 Å². The van der Waals surface area contributed by atoms with Gasteiger partial charge in [0.15, 0.2) is 0 Å². The van der Waals surface area contributed by atoms with Gasteiger partial charge in [-0.3, -0.25) is 4.79 Å². The zero-order valence-electron chi connectivity index (χ0n) is 10.4. The summed E-state index contributed by atoms with van der Waals surface area (Å²) in [5.74, 6) is 0.166. The van der Waals surface area contributed by atoms with E-state index in [1.165, 1.54) is 6.26 Å². The molecule has 19 heavy (non-hydrogen) atoms. The number of benzene rings is 1. The molecule has 2 rings (SSSR count). The Morgan fingerprint density at radius 1 is 1.37 bits per heavy atom. The molecule has 0 bridgehead atoms. The van der Waals surface area contributed by atoms with Crippen molar-refractivity contribution in [1.82, 2.24) is 5.32 Å². The van der Waals surface area contributed by atoms with Crippen molar-refractivity contribution < 1.29 is 14.3 Å². The molecule has 1 aromatic heterocycles. The van der Waals surface area contributed by atoms with Crippen LogP contribution in [0, 0.1) is 0 Å². The van der Waals surface area contributed by atoms with Gasteiger partial charge in [0.2, 0.25) is 0 Å². The van der Waals surface area contributed by atoms with Crippen LogP contribution in [0.3, 0.4) is 0 Å². The molecule has 0 saturated heterocycles. The molecule has 0 aliphatic heterocycles. The molecule has 1 atom stereocenters. The van der Waals surface area contributed by atoms with Gasteiger partial charge in [-0.2, -0.15) is 0 Å². The fourth-order valence-corrected chi connectivity index (χ4v) is 2.13. The van der Waals surface area contributed by atoms with Crippen LogP contribution < -0.4 is 5.32 Å². The minimum atomic E-state index is -1.24. The number of nitrogens with one attached hydrogen (secondary N) is 1. The molecule has 0 spiro atoms. The fraction of sp³-hybridized carbons (Fsp3) is 0.214. The van der Waals surface area contributed by atoms with Crippen LogP contribution >= 0.6 is 15.9 Å². The first-order valence-corrected chi connectivity index (χ1v) is 6.59. The van der Waals surface area contributed by atoms with Crippen molar-refractivity contribution in [3.63, 3.8) is 0 Å². The van der Waals surface area contributed by atoms with Crippen molar-refractivity contribution in [3.05, 3.63) is 58.5 Å². The van der Waals surface area contributed by atoms with Gasteiger partial charge in [-0.25, -0.2) is 0 Å². The summed E-state index contributed by atoms with van der Waals surface area (Å²) in [7, 11) is 0. The fourth-order valence-electron chi connectivity index (χ4n) is 1.67. The van der Waals surface area contributed by atoms with Gasteiger partial charge in [0.1, 0.15) is 11.4 Å². The van der Waals surface area contributed by atoms with Crippen LogP contribution in [0.4, 0.5) is 0 Å². The maximum absolute atomic E-state index is 12.0. The lowest BCUT2D eigenvalue weighted by atomic mass is 10.0. The summed E-state index contributed by atoms with van der Waals surface area (Å²) < 4.78 is 5.86. The second kappa shape index (κ2) is 5.59. The smallest absolute Gasteiger partial charge is 0.252 e. The van der Waals surface area contributed by atoms with Crippen LogP contribution in [0.25, 0.3) is 0 Å². The van der Waals surface area contributed by atoms with Crippen LogP contribution in [-0.2, 0) is 5.60 Å². The van der Waals surface area contributed by atoms with Gasteiger partial charge in [-0.1, -0.05) is 12.1 Å². The van der Waals surface area contributed by atoms with Gasteiger partial charge >= 0.3 is 0 Å². The molecule has 0 unspecified atom stereocenters. The largest absolute Gasteiger partial charge is 0.466 e. The molecule has 0 fully saturated rings. The van der Waals surface area contributed by atoms with Crippen molar-refractivity contribution in [2.24, 2.45) is 0 Å². The first-order valence-electron chi connectivity index (χ1n) is 5.80. The molecule has 1 heterocycles. The van der Waals surface area contributed by atoms with Crippen molar-refractivity contribution in [2.75, 3.05) is 6.54 Å². The van der Waals surface area contributed by atoms with Gasteiger partial charge in [0, 0.05) is 4.47 Å². The van der Waals surface area contributed by atoms with E-state index in [1.54, 1.807) is 37.3 Å². The van der Waals surface area contributed by atoms with E-state index in [0.717, 1.165) is 0 Å². The third kappa shape index (κ3) is 3.24. The molecule has 0 aliphatic rings. The molecule has 1 amide bonds. The molecule has 5 heteroatoms. The van der Waals surface area contributed by atoms with Crippen LogP contribution in [-0.4, -0.2) is 17.6 Å². The average molecular weight is 324 g/mol. The third-order valence-corrected chi connectivity index (χ3v) is 3.46. The molecule has 0 saturated carbocycles. The Hall–Kier alpha value is -1.59. The predicted octanol–water partition coefficient (Wildman–Crippen LogP) is 2.68. The van der Waals surface area contributed by atoms with Crippen LogP contribution in [0.15, 0.2) is 51.6 Å². The molecule has 1 aromatic carbocycles. The second-order valence-electron chi connectivity index (χ2n) is 4.41. The SMILES string of the molecule is C[C@@](O)(CNC(=O)c1ccccc1Br)c1ccco1. The number of furan rings is 1. The highest BCUT2D eigenvalue weighted by Gasteiger charge is 2.27. The van der Waals surface area contributed by atoms with E-state index in [4.69, 9.17) is 4.42 Å². The lowest BCUT2D eigenvalue weighted by Gasteiger charge is -2.21. The zero-order chi connectivity index (χ0) is 13.9. The lowest BCUT2D eigenvalue weighted by Crippen LogP contribution is -2.38. The van der Waals surface area contributed by atoms with Crippen molar-refractivity contribution >= 4 is 21.8 Å². The number of hydrogen-bond acceptors (Lipinski definition) is 3. The molecule has 0 aliphatic carbocycles. The van der Waals surface area contributed by atoms with Gasteiger partial charge < -0.3 is 14.8 Å². The summed E-state index contributed by atoms with van der Waals surface area (Å²) in [6, 6.07) is 10.5. The minimum absolute atomic E-state index is 0.0701. The van der Waals surface area contributed by atoms with Gasteiger partial charge in [-0.15, -0.1) is 0 Å². The number of amides is 1. The number of carbonyl (C=O) groups excluding carboxylic acids is 1. The number of halogens is 1. The van der Waals surface area contributed by atoms with Gasteiger partial charge in [-0.05, 0) is 47.1 Å². The van der Waals surface area contributed by atoms with E-state index in [9.17, 15) is 9.90 Å². The number of rotatable bonds is 4. The molecular weight excluding hydrogens is 310 g/mol. The van der Waals surface area contributed by atoms with E-state index in [2.05, 4.69) is 21.2 Å². The Kier molecular flexibility index (Phi) is 4.07. The van der Waals surface area contributed by atoms with E-state index in [-0.39, 0.29) is 12.5 Å². The Bertz CT molecular complexity index is 564. The Balaban J connectivity index is 2.03. The average Bonchev–Trinajstić information content (AvgIpc) is 2.91.